The van der Waals surface area contributed by atoms with Gasteiger partial charge in [-0.05, 0) is 18.2 Å². The van der Waals surface area contributed by atoms with Crippen molar-refractivity contribution in [1.29, 1.82) is 0 Å². The molecule has 1 aromatic carbocycles. The Bertz CT molecular complexity index is 811. The van der Waals surface area contributed by atoms with Crippen molar-refractivity contribution in [3.05, 3.63) is 53.9 Å². The molecule has 0 saturated heterocycles. The van der Waals surface area contributed by atoms with Crippen LogP contribution in [0.3, 0.4) is 0 Å². The van der Waals surface area contributed by atoms with E-state index in [1.54, 1.807) is 12.1 Å². The molecule has 112 valence electrons. The van der Waals surface area contributed by atoms with E-state index < -0.39 is 23.2 Å². The molecule has 4 nitrogen and oxygen atoms in total. The van der Waals surface area contributed by atoms with Crippen LogP contribution in [0.1, 0.15) is 15.9 Å². The van der Waals surface area contributed by atoms with E-state index in [2.05, 4.69) is 15.3 Å². The van der Waals surface area contributed by atoms with Crippen LogP contribution in [-0.2, 0) is 6.18 Å². The maximum absolute atomic E-state index is 12.9. The quantitative estimate of drug-likeness (QED) is 0.776. The molecular weight excluding hydrogens is 315 g/mol. The lowest BCUT2D eigenvalue weighted by atomic mass is 10.1. The Balaban J connectivity index is 1.92. The van der Waals surface area contributed by atoms with Gasteiger partial charge in [0.25, 0.3) is 5.91 Å². The standard InChI is InChI=1S/C14H8F3N3OS/c15-14(16,17)9-5-6-18-7-8(9)12(21)20-13-19-10-3-1-2-4-11(10)22-13/h1-7H,(H,19,20,21). The third-order valence-electron chi connectivity index (χ3n) is 2.89. The molecule has 8 heteroatoms. The van der Waals surface area contributed by atoms with E-state index in [9.17, 15) is 18.0 Å². The van der Waals surface area contributed by atoms with E-state index in [0.29, 0.717) is 5.52 Å². The van der Waals surface area contributed by atoms with Gasteiger partial charge in [0.15, 0.2) is 5.13 Å². The molecule has 3 rings (SSSR count). The summed E-state index contributed by atoms with van der Waals surface area (Å²) in [5.74, 6) is -0.889. The van der Waals surface area contributed by atoms with Gasteiger partial charge in [-0.3, -0.25) is 15.1 Å². The molecule has 1 amide bonds. The highest BCUT2D eigenvalue weighted by molar-refractivity contribution is 7.22. The highest BCUT2D eigenvalue weighted by Crippen LogP contribution is 2.32. The minimum atomic E-state index is -4.62. The molecule has 0 aliphatic rings. The Morgan fingerprint density at radius 1 is 1.18 bits per heavy atom. The number of aromatic nitrogens is 2. The number of para-hydroxylation sites is 1. The van der Waals surface area contributed by atoms with Crippen LogP contribution in [0.15, 0.2) is 42.7 Å². The number of nitrogens with zero attached hydrogens (tertiary/aromatic N) is 2. The zero-order valence-corrected chi connectivity index (χ0v) is 11.7. The van der Waals surface area contributed by atoms with Crippen LogP contribution in [0.5, 0.6) is 0 Å². The second-order valence-electron chi connectivity index (χ2n) is 4.36. The van der Waals surface area contributed by atoms with Gasteiger partial charge in [-0.1, -0.05) is 23.5 Å². The molecule has 3 aromatic rings. The number of amides is 1. The third kappa shape index (κ3) is 2.77. The SMILES string of the molecule is O=C(Nc1nc2ccccc2s1)c1cnccc1C(F)(F)F. The van der Waals surface area contributed by atoms with Gasteiger partial charge in [0.05, 0.1) is 21.3 Å². The number of carbonyl (C=O) groups is 1. The van der Waals surface area contributed by atoms with Crippen LogP contribution < -0.4 is 5.32 Å². The molecule has 0 fully saturated rings. The average Bonchev–Trinajstić information content (AvgIpc) is 2.88. The van der Waals surface area contributed by atoms with E-state index in [0.717, 1.165) is 23.2 Å². The number of hydrogen-bond donors (Lipinski definition) is 1. The Hall–Kier alpha value is -2.48. The van der Waals surface area contributed by atoms with Crippen LogP contribution in [-0.4, -0.2) is 15.9 Å². The Kier molecular flexibility index (Phi) is 3.53. The molecule has 0 atom stereocenters. The molecule has 22 heavy (non-hydrogen) atoms. The van der Waals surface area contributed by atoms with Gasteiger partial charge >= 0.3 is 6.18 Å². The lowest BCUT2D eigenvalue weighted by molar-refractivity contribution is -0.137. The summed E-state index contributed by atoms with van der Waals surface area (Å²) in [5, 5.41) is 2.63. The number of carbonyl (C=O) groups excluding carboxylic acids is 1. The minimum Gasteiger partial charge on any atom is -0.298 e. The van der Waals surface area contributed by atoms with Crippen LogP contribution in [0.4, 0.5) is 18.3 Å². The maximum Gasteiger partial charge on any atom is 0.417 e. The summed E-state index contributed by atoms with van der Waals surface area (Å²) in [6, 6.07) is 7.94. The van der Waals surface area contributed by atoms with E-state index >= 15 is 0 Å². The first kappa shape index (κ1) is 14.5. The number of halogens is 3. The number of fused-ring (bicyclic) bond motifs is 1. The molecule has 0 unspecified atom stereocenters. The first-order valence-corrected chi connectivity index (χ1v) is 6.95. The summed E-state index contributed by atoms with van der Waals surface area (Å²) in [4.78, 5) is 19.8. The van der Waals surface area contributed by atoms with Crippen molar-refractivity contribution in [2.45, 2.75) is 6.18 Å². The second kappa shape index (κ2) is 5.38. The predicted molar refractivity (Wildman–Crippen MR) is 76.8 cm³/mol. The molecule has 2 heterocycles. The number of benzene rings is 1. The first-order valence-electron chi connectivity index (χ1n) is 6.13. The summed E-state index contributed by atoms with van der Waals surface area (Å²) in [7, 11) is 0. The van der Waals surface area contributed by atoms with Gasteiger partial charge < -0.3 is 0 Å². The molecule has 0 aliphatic carbocycles. The monoisotopic (exact) mass is 323 g/mol. The molecule has 0 aliphatic heterocycles. The van der Waals surface area contributed by atoms with Crippen molar-refractivity contribution in [2.24, 2.45) is 0 Å². The molecule has 2 aromatic heterocycles. The molecule has 1 N–H and O–H groups in total. The Labute approximate surface area is 126 Å². The Morgan fingerprint density at radius 2 is 1.95 bits per heavy atom. The predicted octanol–water partition coefficient (Wildman–Crippen LogP) is 3.96. The minimum absolute atomic E-state index is 0.239. The van der Waals surface area contributed by atoms with Crippen molar-refractivity contribution < 1.29 is 18.0 Å². The summed E-state index contributed by atoms with van der Waals surface area (Å²) in [5.41, 5.74) is -0.889. The fourth-order valence-corrected chi connectivity index (χ4v) is 2.77. The first-order chi connectivity index (χ1) is 10.4. The van der Waals surface area contributed by atoms with Crippen LogP contribution in [0.25, 0.3) is 10.2 Å². The zero-order valence-electron chi connectivity index (χ0n) is 10.9. The topological polar surface area (TPSA) is 54.9 Å². The Morgan fingerprint density at radius 3 is 2.68 bits per heavy atom. The normalized spacial score (nSPS) is 11.6. The fourth-order valence-electron chi connectivity index (χ4n) is 1.91. The fraction of sp³-hybridized carbons (Fsp3) is 0.0714. The van der Waals surface area contributed by atoms with Crippen molar-refractivity contribution in [1.82, 2.24) is 9.97 Å². The number of rotatable bonds is 2. The lowest BCUT2D eigenvalue weighted by Crippen LogP contribution is -2.18. The third-order valence-corrected chi connectivity index (χ3v) is 3.84. The van der Waals surface area contributed by atoms with Crippen molar-refractivity contribution >= 4 is 32.6 Å². The molecule has 0 bridgehead atoms. The molecule has 0 radical (unpaired) electrons. The summed E-state index contributed by atoms with van der Waals surface area (Å²) in [6.45, 7) is 0. The average molecular weight is 323 g/mol. The van der Waals surface area contributed by atoms with Gasteiger partial charge in [0, 0.05) is 12.4 Å². The molecule has 0 spiro atoms. The van der Waals surface area contributed by atoms with Gasteiger partial charge in [0.2, 0.25) is 0 Å². The number of thiazole rings is 1. The summed E-state index contributed by atoms with van der Waals surface area (Å²) in [6.07, 6.45) is -2.73. The second-order valence-corrected chi connectivity index (χ2v) is 5.39. The van der Waals surface area contributed by atoms with E-state index in [-0.39, 0.29) is 5.13 Å². The maximum atomic E-state index is 12.9. The number of alkyl halides is 3. The largest absolute Gasteiger partial charge is 0.417 e. The van der Waals surface area contributed by atoms with Crippen molar-refractivity contribution in [2.75, 3.05) is 5.32 Å². The smallest absolute Gasteiger partial charge is 0.298 e. The number of anilines is 1. The highest BCUT2D eigenvalue weighted by Gasteiger charge is 2.35. The summed E-state index contributed by atoms with van der Waals surface area (Å²) < 4.78 is 39.5. The molecular formula is C14H8F3N3OS. The van der Waals surface area contributed by atoms with E-state index in [1.807, 2.05) is 12.1 Å². The summed E-state index contributed by atoms with van der Waals surface area (Å²) >= 11 is 1.19. The number of hydrogen-bond acceptors (Lipinski definition) is 4. The van der Waals surface area contributed by atoms with Crippen LogP contribution in [0.2, 0.25) is 0 Å². The lowest BCUT2D eigenvalue weighted by Gasteiger charge is -2.11. The molecule has 0 saturated carbocycles. The highest BCUT2D eigenvalue weighted by atomic mass is 32.1. The van der Waals surface area contributed by atoms with Crippen molar-refractivity contribution in [3.8, 4) is 0 Å². The number of pyridine rings is 1. The van der Waals surface area contributed by atoms with Gasteiger partial charge in [-0.15, -0.1) is 0 Å². The van der Waals surface area contributed by atoms with E-state index in [4.69, 9.17) is 0 Å². The van der Waals surface area contributed by atoms with Crippen molar-refractivity contribution in [3.63, 3.8) is 0 Å². The van der Waals surface area contributed by atoms with Crippen LogP contribution >= 0.6 is 11.3 Å². The van der Waals surface area contributed by atoms with Gasteiger partial charge in [0.1, 0.15) is 0 Å². The zero-order chi connectivity index (χ0) is 15.7. The van der Waals surface area contributed by atoms with E-state index in [1.165, 1.54) is 11.3 Å². The van der Waals surface area contributed by atoms with Gasteiger partial charge in [-0.2, -0.15) is 13.2 Å². The number of nitrogens with one attached hydrogen (secondary N) is 1. The van der Waals surface area contributed by atoms with Gasteiger partial charge in [-0.25, -0.2) is 4.98 Å². The van der Waals surface area contributed by atoms with Crippen LogP contribution in [0, 0.1) is 0 Å².